The summed E-state index contributed by atoms with van der Waals surface area (Å²) in [6.45, 7) is 13.3. The molecule has 0 fully saturated rings. The summed E-state index contributed by atoms with van der Waals surface area (Å²) in [6.07, 6.45) is 5.66. The molecule has 1 nitrogen and oxygen atoms in total. The lowest BCUT2D eigenvalue weighted by atomic mass is 10.1. The van der Waals surface area contributed by atoms with Gasteiger partial charge in [-0.1, -0.05) is 18.9 Å². The van der Waals surface area contributed by atoms with Gasteiger partial charge in [0.25, 0.3) is 0 Å². The van der Waals surface area contributed by atoms with Crippen LogP contribution in [0.5, 0.6) is 0 Å². The topological polar surface area (TPSA) is 9.23 Å². The molecule has 0 atom stereocenters. The minimum atomic E-state index is 0.865. The van der Waals surface area contributed by atoms with Crippen molar-refractivity contribution < 1.29 is 4.74 Å². The van der Waals surface area contributed by atoms with Crippen LogP contribution in [0.2, 0.25) is 0 Å². The van der Waals surface area contributed by atoms with Gasteiger partial charge in [0.05, 0.1) is 12.4 Å². The zero-order valence-electron chi connectivity index (χ0n) is 10.9. The SMILES string of the molecule is C=C(C)CCCC(OCCCC)=C(C)C. The van der Waals surface area contributed by atoms with E-state index in [1.54, 1.807) is 0 Å². The highest BCUT2D eigenvalue weighted by Gasteiger charge is 2.01. The van der Waals surface area contributed by atoms with E-state index in [0.717, 1.165) is 32.3 Å². The molecule has 0 saturated carbocycles. The molecule has 0 radical (unpaired) electrons. The molecular weight excluding hydrogens is 184 g/mol. The third kappa shape index (κ3) is 8.29. The van der Waals surface area contributed by atoms with E-state index in [2.05, 4.69) is 34.3 Å². The van der Waals surface area contributed by atoms with Gasteiger partial charge < -0.3 is 4.74 Å². The zero-order valence-corrected chi connectivity index (χ0v) is 10.9. The summed E-state index contributed by atoms with van der Waals surface area (Å²) in [5.74, 6) is 1.18. The Bertz CT molecular complexity index is 209. The summed E-state index contributed by atoms with van der Waals surface area (Å²) in [4.78, 5) is 0. The molecule has 0 bridgehead atoms. The Morgan fingerprint density at radius 1 is 1.07 bits per heavy atom. The molecule has 0 spiro atoms. The van der Waals surface area contributed by atoms with E-state index in [-0.39, 0.29) is 0 Å². The van der Waals surface area contributed by atoms with Crippen molar-refractivity contribution >= 4 is 0 Å². The summed E-state index contributed by atoms with van der Waals surface area (Å²) < 4.78 is 5.78. The normalized spacial score (nSPS) is 9.87. The van der Waals surface area contributed by atoms with Crippen molar-refractivity contribution in [2.45, 2.75) is 59.8 Å². The van der Waals surface area contributed by atoms with Crippen molar-refractivity contribution in [1.29, 1.82) is 0 Å². The van der Waals surface area contributed by atoms with Gasteiger partial charge in [0.2, 0.25) is 0 Å². The van der Waals surface area contributed by atoms with Crippen LogP contribution in [0.25, 0.3) is 0 Å². The van der Waals surface area contributed by atoms with E-state index >= 15 is 0 Å². The molecule has 0 heterocycles. The predicted octanol–water partition coefficient (Wildman–Crippen LogP) is 4.84. The fourth-order valence-electron chi connectivity index (χ4n) is 1.36. The van der Waals surface area contributed by atoms with Crippen molar-refractivity contribution in [3.63, 3.8) is 0 Å². The summed E-state index contributed by atoms with van der Waals surface area (Å²) >= 11 is 0. The minimum absolute atomic E-state index is 0.865. The highest BCUT2D eigenvalue weighted by atomic mass is 16.5. The molecule has 0 rings (SSSR count). The van der Waals surface area contributed by atoms with Crippen LogP contribution in [0, 0.1) is 0 Å². The van der Waals surface area contributed by atoms with E-state index < -0.39 is 0 Å². The highest BCUT2D eigenvalue weighted by Crippen LogP contribution is 2.16. The van der Waals surface area contributed by atoms with Gasteiger partial charge in [-0.3, -0.25) is 0 Å². The average molecular weight is 210 g/mol. The van der Waals surface area contributed by atoms with Crippen LogP contribution in [-0.4, -0.2) is 6.61 Å². The molecule has 0 aromatic heterocycles. The Balaban J connectivity index is 3.86. The van der Waals surface area contributed by atoms with Gasteiger partial charge in [-0.25, -0.2) is 0 Å². The zero-order chi connectivity index (χ0) is 11.7. The molecule has 0 aromatic carbocycles. The third-order valence-electron chi connectivity index (χ3n) is 2.34. The first-order chi connectivity index (χ1) is 7.07. The fraction of sp³-hybridized carbons (Fsp3) is 0.714. The van der Waals surface area contributed by atoms with Crippen LogP contribution < -0.4 is 0 Å². The van der Waals surface area contributed by atoms with Gasteiger partial charge >= 0.3 is 0 Å². The van der Waals surface area contributed by atoms with Crippen molar-refractivity contribution in [1.82, 2.24) is 0 Å². The summed E-state index contributed by atoms with van der Waals surface area (Å²) in [5.41, 5.74) is 2.57. The summed E-state index contributed by atoms with van der Waals surface area (Å²) in [7, 11) is 0. The van der Waals surface area contributed by atoms with Crippen molar-refractivity contribution in [3.8, 4) is 0 Å². The molecule has 0 amide bonds. The van der Waals surface area contributed by atoms with Crippen LogP contribution in [0.1, 0.15) is 59.8 Å². The molecule has 0 aromatic rings. The lowest BCUT2D eigenvalue weighted by molar-refractivity contribution is 0.193. The Morgan fingerprint density at radius 2 is 1.73 bits per heavy atom. The van der Waals surface area contributed by atoms with Crippen LogP contribution in [0.15, 0.2) is 23.5 Å². The maximum Gasteiger partial charge on any atom is 0.0946 e. The van der Waals surface area contributed by atoms with Gasteiger partial charge in [0.1, 0.15) is 0 Å². The Morgan fingerprint density at radius 3 is 2.20 bits per heavy atom. The number of ether oxygens (including phenoxy) is 1. The smallest absolute Gasteiger partial charge is 0.0946 e. The molecular formula is C14H26O. The number of hydrogen-bond acceptors (Lipinski definition) is 1. The molecule has 0 aliphatic heterocycles. The van der Waals surface area contributed by atoms with Crippen LogP contribution >= 0.6 is 0 Å². The van der Waals surface area contributed by atoms with Crippen molar-refractivity contribution in [3.05, 3.63) is 23.5 Å². The number of hydrogen-bond donors (Lipinski definition) is 0. The van der Waals surface area contributed by atoms with Gasteiger partial charge in [-0.05, 0) is 45.6 Å². The van der Waals surface area contributed by atoms with Crippen molar-refractivity contribution in [2.75, 3.05) is 6.61 Å². The van der Waals surface area contributed by atoms with E-state index in [9.17, 15) is 0 Å². The van der Waals surface area contributed by atoms with Crippen LogP contribution in [0.3, 0.4) is 0 Å². The second-order valence-electron chi connectivity index (χ2n) is 4.44. The Hall–Kier alpha value is -0.720. The monoisotopic (exact) mass is 210 g/mol. The van der Waals surface area contributed by atoms with Gasteiger partial charge in [0.15, 0.2) is 0 Å². The molecule has 0 N–H and O–H groups in total. The van der Waals surface area contributed by atoms with Gasteiger partial charge in [0, 0.05) is 6.42 Å². The summed E-state index contributed by atoms with van der Waals surface area (Å²) in [5, 5.41) is 0. The lowest BCUT2D eigenvalue weighted by Gasteiger charge is -2.12. The second-order valence-corrected chi connectivity index (χ2v) is 4.44. The molecule has 0 saturated heterocycles. The fourth-order valence-corrected chi connectivity index (χ4v) is 1.36. The highest BCUT2D eigenvalue weighted by molar-refractivity contribution is 5.03. The largest absolute Gasteiger partial charge is 0.498 e. The lowest BCUT2D eigenvalue weighted by Crippen LogP contribution is -1.97. The minimum Gasteiger partial charge on any atom is -0.498 e. The molecule has 88 valence electrons. The molecule has 0 unspecified atom stereocenters. The van der Waals surface area contributed by atoms with E-state index in [0.29, 0.717) is 0 Å². The maximum absolute atomic E-state index is 5.78. The second kappa shape index (κ2) is 8.58. The van der Waals surface area contributed by atoms with E-state index in [4.69, 9.17) is 4.74 Å². The molecule has 1 heteroatoms. The predicted molar refractivity (Wildman–Crippen MR) is 67.9 cm³/mol. The van der Waals surface area contributed by atoms with E-state index in [1.165, 1.54) is 23.3 Å². The van der Waals surface area contributed by atoms with Crippen molar-refractivity contribution in [2.24, 2.45) is 0 Å². The number of allylic oxidation sites excluding steroid dienone is 3. The average Bonchev–Trinajstić information content (AvgIpc) is 2.15. The Labute approximate surface area is 95.2 Å². The third-order valence-corrected chi connectivity index (χ3v) is 2.34. The number of unbranched alkanes of at least 4 members (excludes halogenated alkanes) is 1. The van der Waals surface area contributed by atoms with Gasteiger partial charge in [-0.15, -0.1) is 6.58 Å². The van der Waals surface area contributed by atoms with Gasteiger partial charge in [-0.2, -0.15) is 0 Å². The Kier molecular flexibility index (Phi) is 8.17. The first-order valence-electron chi connectivity index (χ1n) is 6.01. The van der Waals surface area contributed by atoms with Crippen LogP contribution in [0.4, 0.5) is 0 Å². The summed E-state index contributed by atoms with van der Waals surface area (Å²) in [6, 6.07) is 0. The maximum atomic E-state index is 5.78. The number of rotatable bonds is 8. The molecule has 0 aliphatic rings. The van der Waals surface area contributed by atoms with E-state index in [1.807, 2.05) is 0 Å². The molecule has 15 heavy (non-hydrogen) atoms. The first-order valence-corrected chi connectivity index (χ1v) is 6.01. The molecule has 0 aliphatic carbocycles. The first kappa shape index (κ1) is 14.3. The quantitative estimate of drug-likeness (QED) is 0.316. The standard InChI is InChI=1S/C14H26O/c1-6-7-11-15-14(13(4)5)10-8-9-12(2)3/h2,6-11H2,1,3-5H3. The van der Waals surface area contributed by atoms with Crippen LogP contribution in [-0.2, 0) is 4.74 Å².